The van der Waals surface area contributed by atoms with Crippen molar-refractivity contribution in [2.45, 2.75) is 19.0 Å². The van der Waals surface area contributed by atoms with Crippen molar-refractivity contribution < 1.29 is 4.79 Å². The standard InChI is InChI=1S/C20H16N4OS2/c1-12-13(2)23(15-8-4-3-7-14(12)15)18(25)11-26-19-21-22-20-24(19)16-9-5-6-10-17(16)27-20/h3-10H,11H2,1-2H3. The van der Waals surface area contributed by atoms with E-state index in [0.29, 0.717) is 5.75 Å². The molecule has 0 aliphatic heterocycles. The van der Waals surface area contributed by atoms with Gasteiger partial charge in [0, 0.05) is 11.1 Å². The van der Waals surface area contributed by atoms with Crippen molar-refractivity contribution in [3.63, 3.8) is 0 Å². The van der Waals surface area contributed by atoms with Gasteiger partial charge in [-0.3, -0.25) is 13.8 Å². The van der Waals surface area contributed by atoms with Gasteiger partial charge in [-0.05, 0) is 37.6 Å². The molecule has 0 aliphatic carbocycles. The third-order valence-electron chi connectivity index (χ3n) is 4.91. The van der Waals surface area contributed by atoms with Crippen LogP contribution in [0.3, 0.4) is 0 Å². The second-order valence-electron chi connectivity index (χ2n) is 6.42. The van der Waals surface area contributed by atoms with Crippen molar-refractivity contribution in [2.24, 2.45) is 0 Å². The van der Waals surface area contributed by atoms with Gasteiger partial charge in [0.25, 0.3) is 0 Å². The number of para-hydroxylation sites is 2. The van der Waals surface area contributed by atoms with Gasteiger partial charge in [0.05, 0.1) is 21.5 Å². The van der Waals surface area contributed by atoms with Crippen LogP contribution in [0.5, 0.6) is 0 Å². The van der Waals surface area contributed by atoms with Gasteiger partial charge in [-0.1, -0.05) is 53.4 Å². The molecular weight excluding hydrogens is 376 g/mol. The number of thiazole rings is 1. The van der Waals surface area contributed by atoms with Gasteiger partial charge in [0.2, 0.25) is 10.9 Å². The molecule has 3 aromatic heterocycles. The lowest BCUT2D eigenvalue weighted by Crippen LogP contribution is -2.15. The first kappa shape index (κ1) is 16.5. The van der Waals surface area contributed by atoms with Crippen LogP contribution in [0, 0.1) is 13.8 Å². The van der Waals surface area contributed by atoms with Crippen LogP contribution >= 0.6 is 23.1 Å². The Kier molecular flexibility index (Phi) is 3.80. The molecule has 0 unspecified atom stereocenters. The van der Waals surface area contributed by atoms with Crippen LogP contribution in [0.2, 0.25) is 0 Å². The van der Waals surface area contributed by atoms with Gasteiger partial charge in [0.1, 0.15) is 0 Å². The molecule has 0 atom stereocenters. The minimum atomic E-state index is 0.0538. The van der Waals surface area contributed by atoms with Crippen LogP contribution in [-0.4, -0.2) is 30.8 Å². The fraction of sp³-hybridized carbons (Fsp3) is 0.150. The minimum Gasteiger partial charge on any atom is -0.284 e. The molecule has 134 valence electrons. The van der Waals surface area contributed by atoms with Crippen LogP contribution < -0.4 is 0 Å². The molecule has 0 bridgehead atoms. The highest BCUT2D eigenvalue weighted by atomic mass is 32.2. The number of thioether (sulfide) groups is 1. The summed E-state index contributed by atoms with van der Waals surface area (Å²) in [5.74, 6) is 0.363. The van der Waals surface area contributed by atoms with E-state index in [1.807, 2.05) is 46.2 Å². The third-order valence-corrected chi connectivity index (χ3v) is 6.84. The highest BCUT2D eigenvalue weighted by molar-refractivity contribution is 7.99. The summed E-state index contributed by atoms with van der Waals surface area (Å²) in [6, 6.07) is 16.2. The topological polar surface area (TPSA) is 52.2 Å². The number of hydrogen-bond acceptors (Lipinski definition) is 5. The molecule has 27 heavy (non-hydrogen) atoms. The summed E-state index contributed by atoms with van der Waals surface area (Å²) in [6.07, 6.45) is 0. The monoisotopic (exact) mass is 392 g/mol. The highest BCUT2D eigenvalue weighted by Gasteiger charge is 2.18. The van der Waals surface area contributed by atoms with Gasteiger partial charge >= 0.3 is 0 Å². The Bertz CT molecular complexity index is 1330. The Morgan fingerprint density at radius 2 is 1.78 bits per heavy atom. The SMILES string of the molecule is Cc1c(C)n(C(=O)CSc2nnc3sc4ccccc4n23)c2ccccc12. The van der Waals surface area contributed by atoms with Gasteiger partial charge in [-0.2, -0.15) is 0 Å². The number of aromatic nitrogens is 4. The number of benzene rings is 2. The van der Waals surface area contributed by atoms with E-state index in [4.69, 9.17) is 0 Å². The number of nitrogens with zero attached hydrogens (tertiary/aromatic N) is 4. The molecule has 0 N–H and O–H groups in total. The smallest absolute Gasteiger partial charge is 0.241 e. The molecule has 0 amide bonds. The molecule has 0 saturated heterocycles. The number of rotatable bonds is 3. The minimum absolute atomic E-state index is 0.0538. The second kappa shape index (κ2) is 6.21. The molecule has 0 fully saturated rings. The summed E-state index contributed by atoms with van der Waals surface area (Å²) in [4.78, 5) is 13.9. The van der Waals surface area contributed by atoms with Gasteiger partial charge in [0.15, 0.2) is 5.16 Å². The fourth-order valence-corrected chi connectivity index (χ4v) is 5.31. The fourth-order valence-electron chi connectivity index (χ4n) is 3.49. The molecule has 2 aromatic carbocycles. The first-order chi connectivity index (χ1) is 13.1. The molecule has 7 heteroatoms. The number of carbonyl (C=O) groups excluding carboxylic acids is 1. The maximum absolute atomic E-state index is 13.0. The van der Waals surface area contributed by atoms with E-state index in [0.717, 1.165) is 37.8 Å². The summed E-state index contributed by atoms with van der Waals surface area (Å²) >= 11 is 3.04. The first-order valence-electron chi connectivity index (χ1n) is 8.60. The summed E-state index contributed by atoms with van der Waals surface area (Å²) in [7, 11) is 0. The Morgan fingerprint density at radius 3 is 2.63 bits per heavy atom. The Balaban J connectivity index is 1.50. The Labute approximate surface area is 163 Å². The molecule has 0 spiro atoms. The van der Waals surface area contributed by atoms with E-state index >= 15 is 0 Å². The zero-order chi connectivity index (χ0) is 18.5. The normalized spacial score (nSPS) is 11.8. The van der Waals surface area contributed by atoms with E-state index in [2.05, 4.69) is 35.3 Å². The van der Waals surface area contributed by atoms with Gasteiger partial charge in [-0.25, -0.2) is 0 Å². The van der Waals surface area contributed by atoms with E-state index in [1.54, 1.807) is 11.3 Å². The number of hydrogen-bond donors (Lipinski definition) is 0. The highest BCUT2D eigenvalue weighted by Crippen LogP contribution is 2.30. The first-order valence-corrected chi connectivity index (χ1v) is 10.4. The maximum Gasteiger partial charge on any atom is 0.241 e. The summed E-state index contributed by atoms with van der Waals surface area (Å²) in [6.45, 7) is 4.06. The zero-order valence-electron chi connectivity index (χ0n) is 14.8. The molecule has 5 rings (SSSR count). The average molecular weight is 393 g/mol. The molecule has 0 saturated carbocycles. The Hall–Kier alpha value is -2.64. The van der Waals surface area contributed by atoms with E-state index in [9.17, 15) is 4.79 Å². The summed E-state index contributed by atoms with van der Waals surface area (Å²) in [5, 5.41) is 10.4. The quantitative estimate of drug-likeness (QED) is 0.408. The number of aryl methyl sites for hydroxylation is 1. The number of fused-ring (bicyclic) bond motifs is 4. The maximum atomic E-state index is 13.0. The molecule has 0 aliphatic rings. The molecule has 5 aromatic rings. The largest absolute Gasteiger partial charge is 0.284 e. The van der Waals surface area contributed by atoms with E-state index < -0.39 is 0 Å². The lowest BCUT2D eigenvalue weighted by molar-refractivity contribution is 0.0945. The lowest BCUT2D eigenvalue weighted by atomic mass is 10.2. The Morgan fingerprint density at radius 1 is 1.04 bits per heavy atom. The van der Waals surface area contributed by atoms with Crippen LogP contribution in [-0.2, 0) is 0 Å². The van der Waals surface area contributed by atoms with Crippen molar-refractivity contribution in [3.05, 3.63) is 59.8 Å². The van der Waals surface area contributed by atoms with Crippen LogP contribution in [0.25, 0.3) is 26.1 Å². The predicted molar refractivity (Wildman–Crippen MR) is 111 cm³/mol. The van der Waals surface area contributed by atoms with Crippen LogP contribution in [0.1, 0.15) is 16.1 Å². The van der Waals surface area contributed by atoms with Crippen molar-refractivity contribution in [2.75, 3.05) is 5.75 Å². The van der Waals surface area contributed by atoms with E-state index in [1.165, 1.54) is 16.5 Å². The predicted octanol–water partition coefficient (Wildman–Crippen LogP) is 4.95. The second-order valence-corrected chi connectivity index (χ2v) is 8.37. The van der Waals surface area contributed by atoms with Crippen LogP contribution in [0.4, 0.5) is 0 Å². The molecule has 3 heterocycles. The molecule has 0 radical (unpaired) electrons. The number of carbonyl (C=O) groups is 1. The molecular formula is C20H16N4OS2. The van der Waals surface area contributed by atoms with Gasteiger partial charge < -0.3 is 0 Å². The van der Waals surface area contributed by atoms with Crippen molar-refractivity contribution in [3.8, 4) is 0 Å². The zero-order valence-corrected chi connectivity index (χ0v) is 16.5. The summed E-state index contributed by atoms with van der Waals surface area (Å²) < 4.78 is 5.02. The molecule has 5 nitrogen and oxygen atoms in total. The van der Waals surface area contributed by atoms with E-state index in [-0.39, 0.29) is 5.91 Å². The summed E-state index contributed by atoms with van der Waals surface area (Å²) in [5.41, 5.74) is 4.19. The van der Waals surface area contributed by atoms with Gasteiger partial charge in [-0.15, -0.1) is 10.2 Å². The average Bonchev–Trinajstić information content (AvgIpc) is 3.32. The lowest BCUT2D eigenvalue weighted by Gasteiger charge is -2.06. The van der Waals surface area contributed by atoms with Crippen molar-refractivity contribution in [1.82, 2.24) is 19.2 Å². The van der Waals surface area contributed by atoms with Crippen LogP contribution in [0.15, 0.2) is 53.7 Å². The van der Waals surface area contributed by atoms with Crippen molar-refractivity contribution >= 4 is 55.1 Å². The third kappa shape index (κ3) is 2.49. The van der Waals surface area contributed by atoms with Crippen molar-refractivity contribution in [1.29, 1.82) is 0 Å².